The molecule has 0 unspecified atom stereocenters. The van der Waals surface area contributed by atoms with E-state index in [0.717, 1.165) is 36.6 Å². The number of carbonyl (C=O) groups is 1. The molecule has 0 bridgehead atoms. The Balaban J connectivity index is 2.56. The third kappa shape index (κ3) is 4.54. The third-order valence-corrected chi connectivity index (χ3v) is 3.61. The first-order valence-corrected chi connectivity index (χ1v) is 6.85. The molecule has 3 nitrogen and oxygen atoms in total. The Morgan fingerprint density at radius 2 is 1.73 bits per heavy atom. The van der Waals surface area contributed by atoms with Crippen LogP contribution in [0.4, 0.5) is 31.1 Å². The zero-order valence-electron chi connectivity index (χ0n) is 12.0. The van der Waals surface area contributed by atoms with Crippen molar-refractivity contribution in [1.29, 1.82) is 0 Å². The van der Waals surface area contributed by atoms with Gasteiger partial charge in [-0.15, -0.1) is 0 Å². The van der Waals surface area contributed by atoms with Gasteiger partial charge in [-0.1, -0.05) is 11.6 Å². The van der Waals surface area contributed by atoms with Crippen molar-refractivity contribution in [3.8, 4) is 0 Å². The van der Waals surface area contributed by atoms with Crippen LogP contribution < -0.4 is 10.6 Å². The molecule has 0 aromatic carbocycles. The van der Waals surface area contributed by atoms with E-state index in [2.05, 4.69) is 0 Å². The molecule has 0 fully saturated rings. The SMILES string of the molecule is CC(NC(=O)NCCC1=CCCCC1)(C(F)(F)F)C(F)(F)F. The minimum Gasteiger partial charge on any atom is -0.338 e. The third-order valence-electron chi connectivity index (χ3n) is 3.61. The Morgan fingerprint density at radius 1 is 1.14 bits per heavy atom. The van der Waals surface area contributed by atoms with Crippen LogP contribution in [-0.4, -0.2) is 30.5 Å². The Labute approximate surface area is 124 Å². The lowest BCUT2D eigenvalue weighted by atomic mass is 9.97. The van der Waals surface area contributed by atoms with Gasteiger partial charge in [-0.2, -0.15) is 26.3 Å². The van der Waals surface area contributed by atoms with E-state index in [1.807, 2.05) is 11.4 Å². The minimum atomic E-state index is -5.64. The van der Waals surface area contributed by atoms with Crippen molar-refractivity contribution >= 4 is 6.03 Å². The van der Waals surface area contributed by atoms with E-state index in [1.54, 1.807) is 0 Å². The summed E-state index contributed by atoms with van der Waals surface area (Å²) in [5.74, 6) is 0. The van der Waals surface area contributed by atoms with E-state index in [9.17, 15) is 31.1 Å². The maximum Gasteiger partial charge on any atom is 0.420 e. The molecule has 0 aliphatic heterocycles. The molecule has 0 aromatic rings. The van der Waals surface area contributed by atoms with Gasteiger partial charge in [-0.05, 0) is 39.0 Å². The Kier molecular flexibility index (Phi) is 5.75. The summed E-state index contributed by atoms with van der Waals surface area (Å²) in [6.07, 6.45) is -5.08. The maximum absolute atomic E-state index is 12.6. The highest BCUT2D eigenvalue weighted by Gasteiger charge is 2.68. The van der Waals surface area contributed by atoms with Crippen LogP contribution in [0.2, 0.25) is 0 Å². The number of alkyl halides is 6. The molecule has 0 radical (unpaired) electrons. The summed E-state index contributed by atoms with van der Waals surface area (Å²) in [5.41, 5.74) is -3.23. The summed E-state index contributed by atoms with van der Waals surface area (Å²) in [6, 6.07) is -1.49. The lowest BCUT2D eigenvalue weighted by Gasteiger charge is -2.34. The van der Waals surface area contributed by atoms with Gasteiger partial charge >= 0.3 is 18.4 Å². The average molecular weight is 332 g/mol. The first kappa shape index (κ1) is 18.6. The number of carbonyl (C=O) groups excluding carboxylic acids is 1. The molecular weight excluding hydrogens is 314 g/mol. The van der Waals surface area contributed by atoms with Crippen LogP contribution in [-0.2, 0) is 0 Å². The van der Waals surface area contributed by atoms with E-state index < -0.39 is 23.9 Å². The molecule has 1 rings (SSSR count). The molecule has 0 aromatic heterocycles. The fraction of sp³-hybridized carbons (Fsp3) is 0.769. The predicted molar refractivity (Wildman–Crippen MR) is 68.2 cm³/mol. The topological polar surface area (TPSA) is 41.1 Å². The summed E-state index contributed by atoms with van der Waals surface area (Å²) in [7, 11) is 0. The highest BCUT2D eigenvalue weighted by Crippen LogP contribution is 2.42. The minimum absolute atomic E-state index is 0.0105. The number of rotatable bonds is 4. The second-order valence-electron chi connectivity index (χ2n) is 5.36. The number of halogens is 6. The molecule has 0 spiro atoms. The number of hydrogen-bond donors (Lipinski definition) is 2. The van der Waals surface area contributed by atoms with Crippen molar-refractivity contribution in [2.45, 2.75) is 56.9 Å². The highest BCUT2D eigenvalue weighted by atomic mass is 19.4. The monoisotopic (exact) mass is 332 g/mol. The smallest absolute Gasteiger partial charge is 0.338 e. The molecule has 1 aliphatic rings. The first-order chi connectivity index (χ1) is 9.97. The van der Waals surface area contributed by atoms with E-state index in [0.29, 0.717) is 6.42 Å². The number of hydrogen-bond acceptors (Lipinski definition) is 1. The van der Waals surface area contributed by atoms with E-state index in [-0.39, 0.29) is 13.5 Å². The molecule has 1 aliphatic carbocycles. The molecule has 2 amide bonds. The van der Waals surface area contributed by atoms with Gasteiger partial charge in [-0.3, -0.25) is 0 Å². The van der Waals surface area contributed by atoms with Gasteiger partial charge in [0.15, 0.2) is 0 Å². The zero-order valence-corrected chi connectivity index (χ0v) is 12.0. The fourth-order valence-electron chi connectivity index (χ4n) is 2.04. The van der Waals surface area contributed by atoms with Crippen molar-refractivity contribution in [3.63, 3.8) is 0 Å². The van der Waals surface area contributed by atoms with Gasteiger partial charge in [0.25, 0.3) is 0 Å². The molecule has 0 heterocycles. The molecule has 0 saturated carbocycles. The lowest BCUT2D eigenvalue weighted by Crippen LogP contribution is -2.67. The van der Waals surface area contributed by atoms with Gasteiger partial charge in [0, 0.05) is 6.54 Å². The van der Waals surface area contributed by atoms with Crippen molar-refractivity contribution in [3.05, 3.63) is 11.6 Å². The molecule has 0 atom stereocenters. The van der Waals surface area contributed by atoms with Crippen LogP contribution in [0.15, 0.2) is 11.6 Å². The largest absolute Gasteiger partial charge is 0.420 e. The number of allylic oxidation sites excluding steroid dienone is 1. The Bertz CT molecular complexity index is 413. The van der Waals surface area contributed by atoms with Crippen LogP contribution >= 0.6 is 0 Å². The number of nitrogens with one attached hydrogen (secondary N) is 2. The molecule has 128 valence electrons. The molecule has 0 saturated heterocycles. The van der Waals surface area contributed by atoms with Crippen LogP contribution in [0.1, 0.15) is 39.0 Å². The zero-order chi connectivity index (χ0) is 17.0. The van der Waals surface area contributed by atoms with Gasteiger partial charge < -0.3 is 10.6 Å². The maximum atomic E-state index is 12.6. The van der Waals surface area contributed by atoms with Crippen molar-refractivity contribution in [2.75, 3.05) is 6.54 Å². The van der Waals surface area contributed by atoms with E-state index >= 15 is 0 Å². The van der Waals surface area contributed by atoms with E-state index in [1.165, 1.54) is 0 Å². The number of amides is 2. The second-order valence-corrected chi connectivity index (χ2v) is 5.36. The molecule has 2 N–H and O–H groups in total. The standard InChI is InChI=1S/C13H18F6N2O/c1-11(12(14,15)16,13(17,18)19)21-10(22)20-8-7-9-5-3-2-4-6-9/h5H,2-4,6-8H2,1H3,(H2,20,21,22). The van der Waals surface area contributed by atoms with E-state index in [4.69, 9.17) is 0 Å². The predicted octanol–water partition coefficient (Wildman–Crippen LogP) is 4.06. The molecule has 22 heavy (non-hydrogen) atoms. The summed E-state index contributed by atoms with van der Waals surface area (Å²) >= 11 is 0. The lowest BCUT2D eigenvalue weighted by molar-refractivity contribution is -0.297. The molecular formula is C13H18F6N2O. The van der Waals surface area contributed by atoms with Gasteiger partial charge in [-0.25, -0.2) is 4.79 Å². The van der Waals surface area contributed by atoms with Crippen molar-refractivity contribution < 1.29 is 31.1 Å². The van der Waals surface area contributed by atoms with Gasteiger partial charge in [0.2, 0.25) is 5.54 Å². The summed E-state index contributed by atoms with van der Waals surface area (Å²) < 4.78 is 75.6. The Hall–Kier alpha value is -1.41. The van der Waals surface area contributed by atoms with Crippen LogP contribution in [0.25, 0.3) is 0 Å². The highest BCUT2D eigenvalue weighted by molar-refractivity contribution is 5.75. The fourth-order valence-corrected chi connectivity index (χ4v) is 2.04. The second kappa shape index (κ2) is 6.78. The van der Waals surface area contributed by atoms with Crippen molar-refractivity contribution in [1.82, 2.24) is 10.6 Å². The summed E-state index contributed by atoms with van der Waals surface area (Å²) in [6.45, 7) is -0.111. The van der Waals surface area contributed by atoms with Gasteiger partial charge in [0.1, 0.15) is 0 Å². The number of urea groups is 1. The van der Waals surface area contributed by atoms with Crippen molar-refractivity contribution in [2.24, 2.45) is 0 Å². The van der Waals surface area contributed by atoms with Crippen LogP contribution in [0.5, 0.6) is 0 Å². The normalized spacial score (nSPS) is 17.0. The average Bonchev–Trinajstić information content (AvgIpc) is 2.37. The van der Waals surface area contributed by atoms with Crippen LogP contribution in [0.3, 0.4) is 0 Å². The summed E-state index contributed by atoms with van der Waals surface area (Å²) in [5, 5.41) is 3.03. The van der Waals surface area contributed by atoms with Crippen LogP contribution in [0, 0.1) is 0 Å². The Morgan fingerprint density at radius 3 is 2.18 bits per heavy atom. The molecule has 9 heteroatoms. The van der Waals surface area contributed by atoms with Gasteiger partial charge in [0.05, 0.1) is 0 Å². The quantitative estimate of drug-likeness (QED) is 0.592. The summed E-state index contributed by atoms with van der Waals surface area (Å²) in [4.78, 5) is 11.4. The first-order valence-electron chi connectivity index (χ1n) is 6.85.